The molecule has 0 radical (unpaired) electrons. The molecule has 0 saturated heterocycles. The third kappa shape index (κ3) is 3130. The standard InChI is InChI=1S/2Al.Na.H2O4S.12H2O.7H/c;;;1-5(2,3)4;;;;;;;;;;;;;;;;;;;/h;;;(H2,1,2,3,4);12*1H2;;;;;;;. The van der Waals surface area contributed by atoms with E-state index in [1.165, 1.54) is 0 Å². The Morgan fingerprint density at radius 3 is 0.450 bits per heavy atom. The second-order valence-electron chi connectivity index (χ2n) is 0.448. The molecule has 0 aliphatic rings. The van der Waals surface area contributed by atoms with Crippen LogP contribution in [0.25, 0.3) is 0 Å². The van der Waals surface area contributed by atoms with Crippen LogP contribution in [0.5, 0.6) is 0 Å². The molecule has 0 rings (SSSR count). The van der Waals surface area contributed by atoms with Crippen LogP contribution in [0.1, 0.15) is 0 Å². The van der Waals surface area contributed by atoms with Crippen LogP contribution in [0.15, 0.2) is 0 Å². The van der Waals surface area contributed by atoms with Crippen molar-refractivity contribution in [3.63, 3.8) is 0 Å². The van der Waals surface area contributed by atoms with Gasteiger partial charge in [-0.05, 0) is 0 Å². The van der Waals surface area contributed by atoms with E-state index in [0.717, 1.165) is 0 Å². The fourth-order valence-corrected chi connectivity index (χ4v) is 0. The van der Waals surface area contributed by atoms with Gasteiger partial charge < -0.3 is 65.7 Å². The number of hydrogen-bond donors (Lipinski definition) is 2. The third-order valence-corrected chi connectivity index (χ3v) is 0. The van der Waals surface area contributed by atoms with Crippen molar-refractivity contribution in [2.24, 2.45) is 0 Å². The molecule has 0 aromatic carbocycles. The van der Waals surface area contributed by atoms with Gasteiger partial charge in [-0.25, -0.2) is 0 Å². The van der Waals surface area contributed by atoms with E-state index in [9.17, 15) is 0 Å². The Morgan fingerprint density at radius 2 is 0.450 bits per heavy atom. The predicted octanol–water partition coefficient (Wildman–Crippen LogP) is -13.6. The molecule has 0 aromatic heterocycles. The second kappa shape index (κ2) is 139. The first-order valence-electron chi connectivity index (χ1n) is 0.698. The van der Waals surface area contributed by atoms with Crippen molar-refractivity contribution in [3.8, 4) is 0 Å². The Kier molecular flexibility index (Phi) is 2100. The maximum absolute atomic E-state index is 8.74. The molecule has 0 aliphatic carbocycles. The SMILES string of the molecule is O.O.O.O.O.O.O.O.O.O.O.O.O=S(=O)(O)O.[AlH3].[AlH3].[NaH]. The van der Waals surface area contributed by atoms with Crippen LogP contribution >= 0.6 is 0 Å². The van der Waals surface area contributed by atoms with E-state index in [2.05, 4.69) is 0 Å². The zero-order valence-electron chi connectivity index (χ0n) is 8.12. The van der Waals surface area contributed by atoms with Crippen LogP contribution in [-0.4, -0.2) is 148 Å². The summed E-state index contributed by atoms with van der Waals surface area (Å²) in [6, 6.07) is 0. The molecule has 0 amide bonds. The quantitative estimate of drug-likeness (QED) is 0.296. The molecule has 142 valence electrons. The Hall–Kier alpha value is 1.45. The molecule has 0 heterocycles. The summed E-state index contributed by atoms with van der Waals surface area (Å²) in [5.41, 5.74) is 0. The van der Waals surface area contributed by atoms with Crippen molar-refractivity contribution in [2.75, 3.05) is 0 Å². The molecular weight excluding hydrogens is 365 g/mol. The van der Waals surface area contributed by atoms with Crippen LogP contribution in [0.4, 0.5) is 0 Å². The van der Waals surface area contributed by atoms with E-state index in [4.69, 9.17) is 17.5 Å². The Bertz CT molecular complexity index is 104. The minimum absolute atomic E-state index is 0. The zero-order valence-corrected chi connectivity index (χ0v) is 8.94. The van der Waals surface area contributed by atoms with Gasteiger partial charge in [0, 0.05) is 0 Å². The summed E-state index contributed by atoms with van der Waals surface area (Å²) in [6.07, 6.45) is 0. The van der Waals surface area contributed by atoms with Crippen LogP contribution in [-0.2, 0) is 10.4 Å². The monoisotopic (exact) mass is 398 g/mol. The topological polar surface area (TPSA) is 453 Å². The molecule has 0 saturated carbocycles. The molecule has 26 N–H and O–H groups in total. The minimum atomic E-state index is -4.67. The first-order chi connectivity index (χ1) is 2.00. The average molecular weight is 398 g/mol. The second-order valence-corrected chi connectivity index (χ2v) is 1.34. The van der Waals surface area contributed by atoms with E-state index in [0.29, 0.717) is 0 Å². The number of rotatable bonds is 0. The molecule has 0 bridgehead atoms. The molecule has 20 heteroatoms. The summed E-state index contributed by atoms with van der Waals surface area (Å²) < 4.78 is 31.6. The van der Waals surface area contributed by atoms with Gasteiger partial charge in [0.05, 0.1) is 0 Å². The summed E-state index contributed by atoms with van der Waals surface area (Å²) in [5, 5.41) is 0. The molecule has 0 fully saturated rings. The fraction of sp³-hybridized carbons (Fsp3) is 0. The molecule has 0 unspecified atom stereocenters. The summed E-state index contributed by atoms with van der Waals surface area (Å²) in [7, 11) is -4.67. The Labute approximate surface area is 157 Å². The third-order valence-electron chi connectivity index (χ3n) is 0. The van der Waals surface area contributed by atoms with E-state index >= 15 is 0 Å². The van der Waals surface area contributed by atoms with Crippen LogP contribution in [0.2, 0.25) is 0 Å². The van der Waals surface area contributed by atoms with Crippen molar-refractivity contribution in [1.29, 1.82) is 0 Å². The summed E-state index contributed by atoms with van der Waals surface area (Å²) in [5.74, 6) is 0. The molecule has 0 aromatic rings. The van der Waals surface area contributed by atoms with Crippen molar-refractivity contribution in [3.05, 3.63) is 0 Å². The summed E-state index contributed by atoms with van der Waals surface area (Å²) in [4.78, 5) is 0. The van der Waals surface area contributed by atoms with Crippen LogP contribution in [0, 0.1) is 0 Å². The van der Waals surface area contributed by atoms with E-state index < -0.39 is 10.4 Å². The molecule has 0 aliphatic heterocycles. The van der Waals surface area contributed by atoms with Crippen molar-refractivity contribution < 1.29 is 83.2 Å². The summed E-state index contributed by atoms with van der Waals surface area (Å²) in [6.45, 7) is 0. The number of hydrogen-bond acceptors (Lipinski definition) is 2. The van der Waals surface area contributed by atoms with Gasteiger partial charge in [-0.15, -0.1) is 0 Å². The normalized spacial score (nSPS) is 2.90. The van der Waals surface area contributed by atoms with Gasteiger partial charge in [0.1, 0.15) is 0 Å². The summed E-state index contributed by atoms with van der Waals surface area (Å²) >= 11 is 0. The Morgan fingerprint density at radius 1 is 0.450 bits per heavy atom. The molecule has 20 heavy (non-hydrogen) atoms. The fourth-order valence-electron chi connectivity index (χ4n) is 0. The van der Waals surface area contributed by atoms with Crippen LogP contribution in [0.3, 0.4) is 0 Å². The molecular formula is H33Al2NaO16S. The van der Waals surface area contributed by atoms with Gasteiger partial charge >= 0.3 is 40.0 Å². The van der Waals surface area contributed by atoms with Crippen molar-refractivity contribution in [1.82, 2.24) is 0 Å². The first-order valence-corrected chi connectivity index (χ1v) is 2.10. The van der Waals surface area contributed by atoms with Gasteiger partial charge in [0.15, 0.2) is 34.7 Å². The van der Waals surface area contributed by atoms with Crippen molar-refractivity contribution in [2.45, 2.75) is 0 Å². The molecule has 0 spiro atoms. The average Bonchev–Trinajstić information content (AvgIpc) is 0.722. The maximum atomic E-state index is 8.74. The predicted molar refractivity (Wildman–Crippen MR) is 84.6 cm³/mol. The van der Waals surface area contributed by atoms with Crippen molar-refractivity contribution >= 4 is 74.7 Å². The Balaban J connectivity index is -0.000000000762. The molecule has 16 nitrogen and oxygen atoms in total. The molecule has 0 atom stereocenters. The van der Waals surface area contributed by atoms with E-state index in [1.807, 2.05) is 0 Å². The first kappa shape index (κ1) is 302. The van der Waals surface area contributed by atoms with Crippen LogP contribution < -0.4 is 0 Å². The van der Waals surface area contributed by atoms with Gasteiger partial charge in [-0.2, -0.15) is 8.42 Å². The van der Waals surface area contributed by atoms with Gasteiger partial charge in [-0.3, -0.25) is 9.11 Å². The van der Waals surface area contributed by atoms with Gasteiger partial charge in [0.25, 0.3) is 0 Å². The van der Waals surface area contributed by atoms with Gasteiger partial charge in [0.2, 0.25) is 0 Å². The van der Waals surface area contributed by atoms with E-state index in [1.54, 1.807) is 0 Å². The zero-order chi connectivity index (χ0) is 4.50. The van der Waals surface area contributed by atoms with Gasteiger partial charge in [-0.1, -0.05) is 0 Å². The van der Waals surface area contributed by atoms with E-state index in [-0.39, 0.29) is 130 Å².